The Morgan fingerprint density at radius 1 is 1.03 bits per heavy atom. The van der Waals surface area contributed by atoms with Gasteiger partial charge >= 0.3 is 6.03 Å². The van der Waals surface area contributed by atoms with Gasteiger partial charge in [0.2, 0.25) is 0 Å². The van der Waals surface area contributed by atoms with Crippen LogP contribution in [-0.2, 0) is 11.2 Å². The van der Waals surface area contributed by atoms with Crippen LogP contribution in [-0.4, -0.2) is 39.7 Å². The van der Waals surface area contributed by atoms with Gasteiger partial charge in [-0.05, 0) is 38.3 Å². The molecule has 1 aromatic heterocycles. The summed E-state index contributed by atoms with van der Waals surface area (Å²) in [5, 5.41) is 3.58. The summed E-state index contributed by atoms with van der Waals surface area (Å²) in [6.45, 7) is 3.27. The number of carbonyl (C=O) groups is 3. The molecular formula is C23H23N3O3. The second-order valence-corrected chi connectivity index (χ2v) is 7.73. The van der Waals surface area contributed by atoms with Crippen molar-refractivity contribution in [2.75, 3.05) is 6.54 Å². The summed E-state index contributed by atoms with van der Waals surface area (Å²) in [5.74, 6) is -0.611. The third kappa shape index (κ3) is 3.42. The van der Waals surface area contributed by atoms with E-state index in [9.17, 15) is 14.4 Å². The van der Waals surface area contributed by atoms with Crippen LogP contribution in [0.3, 0.4) is 0 Å². The van der Waals surface area contributed by atoms with Gasteiger partial charge in [0.15, 0.2) is 5.78 Å². The van der Waals surface area contributed by atoms with Gasteiger partial charge in [-0.1, -0.05) is 48.5 Å². The van der Waals surface area contributed by atoms with Crippen LogP contribution in [0, 0.1) is 6.92 Å². The Morgan fingerprint density at radius 3 is 2.48 bits per heavy atom. The maximum atomic E-state index is 13.0. The fourth-order valence-corrected chi connectivity index (χ4v) is 3.96. The molecule has 2 aromatic carbocycles. The summed E-state index contributed by atoms with van der Waals surface area (Å²) >= 11 is 0. The van der Waals surface area contributed by atoms with Gasteiger partial charge in [-0.3, -0.25) is 14.5 Å². The summed E-state index contributed by atoms with van der Waals surface area (Å²) < 4.78 is 0. The molecule has 1 saturated heterocycles. The van der Waals surface area contributed by atoms with Crippen LogP contribution in [0.2, 0.25) is 0 Å². The van der Waals surface area contributed by atoms with Crippen LogP contribution >= 0.6 is 0 Å². The van der Waals surface area contributed by atoms with Crippen molar-refractivity contribution in [3.8, 4) is 0 Å². The SMILES string of the molecule is Cc1[nH]c2ccccc2c1C(=O)CN1C(=O)N[C@](C)(CCc2ccccc2)C1=O. The number of nitrogens with one attached hydrogen (secondary N) is 2. The van der Waals surface area contributed by atoms with E-state index in [2.05, 4.69) is 10.3 Å². The molecule has 0 bridgehead atoms. The Hall–Kier alpha value is -3.41. The fraction of sp³-hybridized carbons (Fsp3) is 0.261. The molecule has 6 nitrogen and oxygen atoms in total. The number of para-hydroxylation sites is 1. The highest BCUT2D eigenvalue weighted by molar-refractivity contribution is 6.14. The van der Waals surface area contributed by atoms with E-state index in [-0.39, 0.29) is 18.2 Å². The van der Waals surface area contributed by atoms with Gasteiger partial charge in [0.25, 0.3) is 5.91 Å². The number of aromatic nitrogens is 1. The maximum Gasteiger partial charge on any atom is 0.325 e. The van der Waals surface area contributed by atoms with E-state index in [4.69, 9.17) is 0 Å². The number of amides is 3. The highest BCUT2D eigenvalue weighted by Crippen LogP contribution is 2.26. The lowest BCUT2D eigenvalue weighted by molar-refractivity contribution is -0.130. The summed E-state index contributed by atoms with van der Waals surface area (Å²) in [6.07, 6.45) is 1.13. The Kier molecular flexibility index (Phi) is 4.70. The van der Waals surface area contributed by atoms with Crippen LogP contribution in [0.4, 0.5) is 4.79 Å². The molecule has 1 aliphatic rings. The summed E-state index contributed by atoms with van der Waals surface area (Å²) in [5.41, 5.74) is 2.20. The number of hydrogen-bond acceptors (Lipinski definition) is 3. The maximum absolute atomic E-state index is 13.0. The number of hydrogen-bond donors (Lipinski definition) is 2. The molecule has 3 amide bonds. The van der Waals surface area contributed by atoms with Crippen molar-refractivity contribution in [1.29, 1.82) is 0 Å². The van der Waals surface area contributed by atoms with Gasteiger partial charge in [0.05, 0.1) is 6.54 Å². The van der Waals surface area contributed by atoms with Gasteiger partial charge < -0.3 is 10.3 Å². The zero-order valence-corrected chi connectivity index (χ0v) is 16.5. The van der Waals surface area contributed by atoms with Crippen molar-refractivity contribution in [1.82, 2.24) is 15.2 Å². The standard InChI is InChI=1S/C23H23N3O3/c1-15-20(17-10-6-7-11-18(17)24-15)19(27)14-26-21(28)23(2,25-22(26)29)13-12-16-8-4-3-5-9-16/h3-11,24H,12-14H2,1-2H3,(H,25,29)/t23-/m1/s1. The number of aromatic amines is 1. The first kappa shape index (κ1) is 18.9. The topological polar surface area (TPSA) is 82.3 Å². The van der Waals surface area contributed by atoms with Gasteiger partial charge in [-0.2, -0.15) is 0 Å². The van der Waals surface area contributed by atoms with Crippen LogP contribution in [0.1, 0.15) is 35.0 Å². The zero-order chi connectivity index (χ0) is 20.6. The molecular weight excluding hydrogens is 366 g/mol. The number of nitrogens with zero attached hydrogens (tertiary/aromatic N) is 1. The van der Waals surface area contributed by atoms with E-state index >= 15 is 0 Å². The second kappa shape index (κ2) is 7.20. The number of Topliss-reactive ketones (excluding diaryl/α,β-unsaturated/α-hetero) is 1. The van der Waals surface area contributed by atoms with Gasteiger partial charge in [-0.25, -0.2) is 4.79 Å². The largest absolute Gasteiger partial charge is 0.358 e. The number of H-pyrrole nitrogens is 1. The number of rotatable bonds is 6. The molecule has 4 rings (SSSR count). The van der Waals surface area contributed by atoms with Crippen molar-refractivity contribution in [2.45, 2.75) is 32.2 Å². The predicted molar refractivity (Wildman–Crippen MR) is 111 cm³/mol. The fourth-order valence-electron chi connectivity index (χ4n) is 3.96. The Morgan fingerprint density at radius 2 is 1.72 bits per heavy atom. The molecule has 1 atom stereocenters. The van der Waals surface area contributed by atoms with Crippen LogP contribution in [0.5, 0.6) is 0 Å². The van der Waals surface area contributed by atoms with Crippen molar-refractivity contribution in [2.24, 2.45) is 0 Å². The Balaban J connectivity index is 1.51. The quantitative estimate of drug-likeness (QED) is 0.499. The Labute approximate surface area is 168 Å². The number of ketones is 1. The third-order valence-electron chi connectivity index (χ3n) is 5.58. The zero-order valence-electron chi connectivity index (χ0n) is 16.5. The number of carbonyl (C=O) groups excluding carboxylic acids is 3. The number of fused-ring (bicyclic) bond motifs is 1. The lowest BCUT2D eigenvalue weighted by Crippen LogP contribution is -2.44. The van der Waals surface area contributed by atoms with Crippen LogP contribution in [0.15, 0.2) is 54.6 Å². The summed E-state index contributed by atoms with van der Waals surface area (Å²) in [4.78, 5) is 42.7. The molecule has 148 valence electrons. The normalized spacial score (nSPS) is 19.0. The van der Waals surface area contributed by atoms with Crippen molar-refractivity contribution in [3.63, 3.8) is 0 Å². The molecule has 1 aliphatic heterocycles. The average Bonchev–Trinajstić information content (AvgIpc) is 3.15. The first-order valence-corrected chi connectivity index (χ1v) is 9.67. The van der Waals surface area contributed by atoms with Crippen LogP contribution in [0.25, 0.3) is 10.9 Å². The lowest BCUT2D eigenvalue weighted by atomic mass is 9.93. The van der Waals surface area contributed by atoms with E-state index in [1.807, 2.05) is 61.5 Å². The number of benzene rings is 2. The lowest BCUT2D eigenvalue weighted by Gasteiger charge is -2.21. The number of imide groups is 1. The van der Waals surface area contributed by atoms with Crippen LogP contribution < -0.4 is 5.32 Å². The monoisotopic (exact) mass is 389 g/mol. The molecule has 0 spiro atoms. The molecule has 29 heavy (non-hydrogen) atoms. The highest BCUT2D eigenvalue weighted by Gasteiger charge is 2.48. The smallest absolute Gasteiger partial charge is 0.325 e. The molecule has 0 radical (unpaired) electrons. The minimum absolute atomic E-state index is 0.254. The molecule has 1 fully saturated rings. The van der Waals surface area contributed by atoms with E-state index in [0.717, 1.165) is 27.1 Å². The van der Waals surface area contributed by atoms with Gasteiger partial charge in [0.1, 0.15) is 5.54 Å². The average molecular weight is 389 g/mol. The van der Waals surface area contributed by atoms with Gasteiger partial charge in [0, 0.05) is 22.2 Å². The first-order valence-electron chi connectivity index (χ1n) is 9.67. The van der Waals surface area contributed by atoms with E-state index in [1.54, 1.807) is 6.92 Å². The number of urea groups is 1. The minimum atomic E-state index is -1.01. The Bertz CT molecular complexity index is 1100. The summed E-state index contributed by atoms with van der Waals surface area (Å²) in [6, 6.07) is 16.8. The van der Waals surface area contributed by atoms with Crippen molar-refractivity contribution < 1.29 is 14.4 Å². The molecule has 3 aromatic rings. The molecule has 2 heterocycles. The van der Waals surface area contributed by atoms with E-state index in [1.165, 1.54) is 0 Å². The second-order valence-electron chi connectivity index (χ2n) is 7.73. The molecule has 0 saturated carbocycles. The van der Waals surface area contributed by atoms with E-state index in [0.29, 0.717) is 18.4 Å². The summed E-state index contributed by atoms with van der Waals surface area (Å²) in [7, 11) is 0. The highest BCUT2D eigenvalue weighted by atomic mass is 16.2. The van der Waals surface area contributed by atoms with Crippen molar-refractivity contribution in [3.05, 3.63) is 71.4 Å². The third-order valence-corrected chi connectivity index (χ3v) is 5.58. The van der Waals surface area contributed by atoms with Crippen molar-refractivity contribution >= 4 is 28.6 Å². The molecule has 0 aliphatic carbocycles. The molecule has 0 unspecified atom stereocenters. The predicted octanol–water partition coefficient (Wildman–Crippen LogP) is 3.60. The molecule has 6 heteroatoms. The van der Waals surface area contributed by atoms with Gasteiger partial charge in [-0.15, -0.1) is 0 Å². The molecule has 2 N–H and O–H groups in total. The first-order chi connectivity index (χ1) is 13.9. The minimum Gasteiger partial charge on any atom is -0.358 e. The van der Waals surface area contributed by atoms with E-state index < -0.39 is 11.6 Å². The number of aryl methyl sites for hydroxylation is 2.